The molecular formula is C30H42N6O6. The van der Waals surface area contributed by atoms with Gasteiger partial charge in [0.1, 0.15) is 19.8 Å². The molecule has 1 heterocycles. The van der Waals surface area contributed by atoms with Crippen molar-refractivity contribution in [3.05, 3.63) is 31.5 Å². The van der Waals surface area contributed by atoms with Crippen molar-refractivity contribution >= 4 is 0 Å². The SMILES string of the molecule is N#COCC1CCC(Cn2c(=O)n(CC3CCC(COC#N)CC3)c(=O)n(CC3CCC(COC#N)CC3)c2=O)CC1. The van der Waals surface area contributed by atoms with Crippen LogP contribution < -0.4 is 17.1 Å². The van der Waals surface area contributed by atoms with Crippen LogP contribution >= 0.6 is 0 Å². The predicted octanol–water partition coefficient (Wildman–Crippen LogP) is 3.08. The van der Waals surface area contributed by atoms with Crippen molar-refractivity contribution in [3.8, 4) is 18.8 Å². The summed E-state index contributed by atoms with van der Waals surface area (Å²) in [5, 5.41) is 26.1. The van der Waals surface area contributed by atoms with E-state index in [1.807, 2.05) is 0 Å². The van der Waals surface area contributed by atoms with Gasteiger partial charge in [0.2, 0.25) is 0 Å². The van der Waals surface area contributed by atoms with Gasteiger partial charge in [-0.25, -0.2) is 28.1 Å². The molecule has 0 aliphatic heterocycles. The van der Waals surface area contributed by atoms with Crippen LogP contribution in [0.4, 0.5) is 0 Å². The van der Waals surface area contributed by atoms with Crippen molar-refractivity contribution in [2.45, 2.75) is 96.7 Å². The predicted molar refractivity (Wildman–Crippen MR) is 150 cm³/mol. The van der Waals surface area contributed by atoms with E-state index in [1.165, 1.54) is 13.7 Å². The Morgan fingerprint density at radius 3 is 0.881 bits per heavy atom. The first kappa shape index (κ1) is 31.2. The summed E-state index contributed by atoms with van der Waals surface area (Å²) in [5.74, 6) is 1.31. The molecule has 4 rings (SSSR count). The lowest BCUT2D eigenvalue weighted by Crippen LogP contribution is -2.56. The first-order chi connectivity index (χ1) is 20.4. The average Bonchev–Trinajstić information content (AvgIpc) is 3.02. The van der Waals surface area contributed by atoms with E-state index in [-0.39, 0.29) is 37.4 Å². The number of hydrogen-bond acceptors (Lipinski definition) is 9. The largest absolute Gasteiger partial charge is 0.427 e. The molecule has 0 aromatic carbocycles. The molecule has 42 heavy (non-hydrogen) atoms. The highest BCUT2D eigenvalue weighted by molar-refractivity contribution is 4.85. The maximum atomic E-state index is 13.7. The second-order valence-corrected chi connectivity index (χ2v) is 12.5. The third-order valence-electron chi connectivity index (χ3n) is 9.76. The maximum Gasteiger partial charge on any atom is 0.336 e. The summed E-state index contributed by atoms with van der Waals surface area (Å²) in [6.45, 7) is 2.03. The molecule has 0 spiro atoms. The van der Waals surface area contributed by atoms with E-state index in [9.17, 15) is 14.4 Å². The fraction of sp³-hybridized carbons (Fsp3) is 0.800. The van der Waals surface area contributed by atoms with Gasteiger partial charge in [0.25, 0.3) is 18.8 Å². The molecule has 228 valence electrons. The molecule has 3 fully saturated rings. The van der Waals surface area contributed by atoms with Crippen molar-refractivity contribution in [2.75, 3.05) is 19.8 Å². The molecule has 3 aliphatic carbocycles. The fourth-order valence-electron chi connectivity index (χ4n) is 7.13. The van der Waals surface area contributed by atoms with Crippen LogP contribution in [0.5, 0.6) is 0 Å². The number of aromatic nitrogens is 3. The summed E-state index contributed by atoms with van der Waals surface area (Å²) in [6, 6.07) is 0. The molecule has 0 atom stereocenters. The van der Waals surface area contributed by atoms with Crippen LogP contribution in [0.1, 0.15) is 77.0 Å². The summed E-state index contributed by atoms with van der Waals surface area (Å²) in [6.07, 6.45) is 15.4. The molecule has 1 aromatic rings. The number of rotatable bonds is 12. The molecule has 12 heteroatoms. The summed E-state index contributed by atoms with van der Waals surface area (Å²) >= 11 is 0. The van der Waals surface area contributed by atoms with Crippen LogP contribution in [0.25, 0.3) is 0 Å². The molecule has 0 unspecified atom stereocenters. The van der Waals surface area contributed by atoms with Crippen LogP contribution in [0.2, 0.25) is 0 Å². The molecule has 1 aromatic heterocycles. The number of nitriles is 3. The molecule has 0 N–H and O–H groups in total. The highest BCUT2D eigenvalue weighted by Crippen LogP contribution is 2.32. The van der Waals surface area contributed by atoms with Crippen molar-refractivity contribution in [3.63, 3.8) is 0 Å². The minimum atomic E-state index is -0.525. The van der Waals surface area contributed by atoms with Gasteiger partial charge in [-0.05, 0) is 113 Å². The Kier molecular flexibility index (Phi) is 11.5. The normalized spacial score (nSPS) is 27.6. The summed E-state index contributed by atoms with van der Waals surface area (Å²) < 4.78 is 18.6. The molecule has 0 radical (unpaired) electrons. The van der Waals surface area contributed by atoms with E-state index in [2.05, 4.69) is 0 Å². The monoisotopic (exact) mass is 582 g/mol. The zero-order valence-corrected chi connectivity index (χ0v) is 24.3. The van der Waals surface area contributed by atoms with E-state index in [1.54, 1.807) is 18.8 Å². The Hall–Kier alpha value is -3.72. The summed E-state index contributed by atoms with van der Waals surface area (Å²) in [7, 11) is 0. The Labute approximate surface area is 246 Å². The van der Waals surface area contributed by atoms with Gasteiger partial charge in [-0.2, -0.15) is 15.8 Å². The van der Waals surface area contributed by atoms with Gasteiger partial charge in [0, 0.05) is 19.6 Å². The zero-order valence-electron chi connectivity index (χ0n) is 24.3. The first-order valence-corrected chi connectivity index (χ1v) is 15.4. The topological polar surface area (TPSA) is 165 Å². The minimum Gasteiger partial charge on any atom is -0.427 e. The zero-order chi connectivity index (χ0) is 29.9. The average molecular weight is 583 g/mol. The van der Waals surface area contributed by atoms with Crippen molar-refractivity contribution in [1.82, 2.24) is 13.7 Å². The molecule has 3 aliphatic rings. The highest BCUT2D eigenvalue weighted by atomic mass is 16.5. The second kappa shape index (κ2) is 15.5. The lowest BCUT2D eigenvalue weighted by atomic mass is 9.82. The van der Waals surface area contributed by atoms with Crippen LogP contribution in [-0.4, -0.2) is 33.5 Å². The first-order valence-electron chi connectivity index (χ1n) is 15.4. The molecule has 0 amide bonds. The van der Waals surface area contributed by atoms with Gasteiger partial charge in [0.05, 0.1) is 0 Å². The molecule has 0 bridgehead atoms. The van der Waals surface area contributed by atoms with E-state index < -0.39 is 17.1 Å². The number of ether oxygens (including phenoxy) is 3. The Morgan fingerprint density at radius 2 is 0.667 bits per heavy atom. The van der Waals surface area contributed by atoms with Gasteiger partial charge >= 0.3 is 17.1 Å². The number of hydrogen-bond donors (Lipinski definition) is 0. The van der Waals surface area contributed by atoms with Crippen molar-refractivity contribution < 1.29 is 14.2 Å². The summed E-state index contributed by atoms with van der Waals surface area (Å²) in [4.78, 5) is 41.2. The van der Waals surface area contributed by atoms with Gasteiger partial charge in [-0.1, -0.05) is 0 Å². The molecule has 0 saturated heterocycles. The molecular weight excluding hydrogens is 540 g/mol. The quantitative estimate of drug-likeness (QED) is 0.337. The van der Waals surface area contributed by atoms with Crippen LogP contribution in [0.15, 0.2) is 14.4 Å². The van der Waals surface area contributed by atoms with Gasteiger partial charge in [-0.3, -0.25) is 0 Å². The second-order valence-electron chi connectivity index (χ2n) is 12.5. The van der Waals surface area contributed by atoms with Crippen LogP contribution in [0, 0.1) is 70.1 Å². The third kappa shape index (κ3) is 8.18. The molecule has 12 nitrogen and oxygen atoms in total. The van der Waals surface area contributed by atoms with E-state index in [0.717, 1.165) is 77.0 Å². The summed E-state index contributed by atoms with van der Waals surface area (Å²) in [5.41, 5.74) is -1.57. The van der Waals surface area contributed by atoms with Gasteiger partial charge < -0.3 is 14.2 Å². The van der Waals surface area contributed by atoms with Gasteiger partial charge in [0.15, 0.2) is 0 Å². The fourth-order valence-corrected chi connectivity index (χ4v) is 7.13. The molecule has 3 saturated carbocycles. The maximum absolute atomic E-state index is 13.7. The smallest absolute Gasteiger partial charge is 0.336 e. The van der Waals surface area contributed by atoms with Crippen LogP contribution in [0.3, 0.4) is 0 Å². The van der Waals surface area contributed by atoms with E-state index in [0.29, 0.717) is 37.6 Å². The van der Waals surface area contributed by atoms with Crippen molar-refractivity contribution in [1.29, 1.82) is 15.8 Å². The van der Waals surface area contributed by atoms with Crippen LogP contribution in [-0.2, 0) is 33.8 Å². The Balaban J connectivity index is 1.52. The van der Waals surface area contributed by atoms with E-state index in [4.69, 9.17) is 30.0 Å². The number of nitrogens with zero attached hydrogens (tertiary/aromatic N) is 6. The lowest BCUT2D eigenvalue weighted by molar-refractivity contribution is 0.145. The Bertz CT molecular complexity index is 1130. The highest BCUT2D eigenvalue weighted by Gasteiger charge is 2.29. The van der Waals surface area contributed by atoms with Crippen molar-refractivity contribution in [2.24, 2.45) is 35.5 Å². The van der Waals surface area contributed by atoms with Gasteiger partial charge in [-0.15, -0.1) is 0 Å². The standard InChI is InChI=1S/C30H42N6O6/c31-19-40-16-25-7-1-22(2-8-25)13-34-28(37)35(14-23-3-9-26(10-4-23)17-41-20-32)30(39)36(29(34)38)15-24-5-11-27(12-6-24)18-42-21-33/h22-27H,1-18H2. The Morgan fingerprint density at radius 1 is 0.452 bits per heavy atom. The lowest BCUT2D eigenvalue weighted by Gasteiger charge is -2.30. The minimum absolute atomic E-state index is 0.138. The van der Waals surface area contributed by atoms with E-state index >= 15 is 0 Å². The third-order valence-corrected chi connectivity index (χ3v) is 9.76.